The van der Waals surface area contributed by atoms with E-state index >= 15 is 0 Å². The van der Waals surface area contributed by atoms with Crippen molar-refractivity contribution in [3.05, 3.63) is 46.6 Å². The standard InChI is InChI=1S/C19H21ClN6O2/c1-4-25(5-2)11-16-22-17(23-28-16)18-21-9-13-10-24(3)19(27)14-8-12(20)6-7-15(14)26(13)18/h6-9H,4-5,10-11H2,1-3H3. The van der Waals surface area contributed by atoms with Crippen molar-refractivity contribution in [2.75, 3.05) is 20.1 Å². The molecule has 0 aliphatic carbocycles. The highest BCUT2D eigenvalue weighted by molar-refractivity contribution is 6.31. The van der Waals surface area contributed by atoms with Gasteiger partial charge in [0.1, 0.15) is 0 Å². The number of halogens is 1. The Balaban J connectivity index is 1.80. The van der Waals surface area contributed by atoms with Crippen LogP contribution >= 0.6 is 11.6 Å². The van der Waals surface area contributed by atoms with Crippen LogP contribution < -0.4 is 0 Å². The maximum Gasteiger partial charge on any atom is 0.256 e. The molecule has 0 spiro atoms. The van der Waals surface area contributed by atoms with Crippen molar-refractivity contribution >= 4 is 17.5 Å². The van der Waals surface area contributed by atoms with Crippen molar-refractivity contribution < 1.29 is 9.32 Å². The summed E-state index contributed by atoms with van der Waals surface area (Å²) in [5, 5.41) is 4.63. The molecule has 0 saturated heterocycles. The molecule has 3 aromatic rings. The summed E-state index contributed by atoms with van der Waals surface area (Å²) in [6, 6.07) is 5.26. The molecule has 3 heterocycles. The summed E-state index contributed by atoms with van der Waals surface area (Å²) in [5.74, 6) is 1.37. The molecule has 1 aliphatic rings. The number of rotatable bonds is 5. The Morgan fingerprint density at radius 1 is 1.29 bits per heavy atom. The predicted molar refractivity (Wildman–Crippen MR) is 104 cm³/mol. The second-order valence-electron chi connectivity index (χ2n) is 6.70. The van der Waals surface area contributed by atoms with Gasteiger partial charge in [-0.05, 0) is 31.3 Å². The normalized spacial score (nSPS) is 13.6. The molecular weight excluding hydrogens is 380 g/mol. The third-order valence-corrected chi connectivity index (χ3v) is 5.17. The molecule has 1 aromatic carbocycles. The van der Waals surface area contributed by atoms with Gasteiger partial charge >= 0.3 is 0 Å². The molecule has 0 saturated carbocycles. The van der Waals surface area contributed by atoms with Crippen LogP contribution in [0.5, 0.6) is 0 Å². The fourth-order valence-corrected chi connectivity index (χ4v) is 3.54. The van der Waals surface area contributed by atoms with E-state index in [4.69, 9.17) is 16.1 Å². The van der Waals surface area contributed by atoms with E-state index in [1.54, 1.807) is 30.3 Å². The second kappa shape index (κ2) is 7.37. The summed E-state index contributed by atoms with van der Waals surface area (Å²) in [6.45, 7) is 6.98. The Morgan fingerprint density at radius 2 is 2.07 bits per heavy atom. The summed E-state index contributed by atoms with van der Waals surface area (Å²) >= 11 is 6.14. The van der Waals surface area contributed by atoms with Crippen molar-refractivity contribution in [2.24, 2.45) is 0 Å². The molecule has 1 amide bonds. The molecule has 0 fully saturated rings. The smallest absolute Gasteiger partial charge is 0.256 e. The third-order valence-electron chi connectivity index (χ3n) is 4.93. The number of benzene rings is 1. The number of aromatic nitrogens is 4. The summed E-state index contributed by atoms with van der Waals surface area (Å²) in [5.41, 5.74) is 2.08. The zero-order chi connectivity index (χ0) is 19.8. The van der Waals surface area contributed by atoms with Crippen molar-refractivity contribution in [2.45, 2.75) is 26.9 Å². The van der Waals surface area contributed by atoms with Gasteiger partial charge in [-0.2, -0.15) is 4.98 Å². The fraction of sp³-hybridized carbons (Fsp3) is 0.368. The molecule has 28 heavy (non-hydrogen) atoms. The molecule has 0 radical (unpaired) electrons. The lowest BCUT2D eigenvalue weighted by molar-refractivity contribution is 0.0788. The first kappa shape index (κ1) is 18.6. The van der Waals surface area contributed by atoms with Gasteiger partial charge in [-0.3, -0.25) is 14.3 Å². The van der Waals surface area contributed by atoms with E-state index in [-0.39, 0.29) is 5.91 Å². The Kier molecular flexibility index (Phi) is 4.91. The van der Waals surface area contributed by atoms with E-state index in [0.29, 0.717) is 46.9 Å². The first-order chi connectivity index (χ1) is 13.5. The number of fused-ring (bicyclic) bond motifs is 3. The molecule has 0 N–H and O–H groups in total. The minimum Gasteiger partial charge on any atom is -0.337 e. The Bertz CT molecular complexity index is 1020. The van der Waals surface area contributed by atoms with Crippen molar-refractivity contribution in [1.82, 2.24) is 29.5 Å². The highest BCUT2D eigenvalue weighted by atomic mass is 35.5. The van der Waals surface area contributed by atoms with Gasteiger partial charge in [0, 0.05) is 12.1 Å². The minimum atomic E-state index is -0.0949. The number of amides is 1. The van der Waals surface area contributed by atoms with E-state index in [9.17, 15) is 4.79 Å². The van der Waals surface area contributed by atoms with E-state index in [2.05, 4.69) is 33.9 Å². The number of imidazole rings is 1. The average molecular weight is 401 g/mol. The number of nitrogens with zero attached hydrogens (tertiary/aromatic N) is 6. The molecule has 4 rings (SSSR count). The zero-order valence-electron chi connectivity index (χ0n) is 16.0. The van der Waals surface area contributed by atoms with Crippen LogP contribution in [0.15, 0.2) is 28.9 Å². The van der Waals surface area contributed by atoms with Gasteiger partial charge in [-0.1, -0.05) is 30.6 Å². The van der Waals surface area contributed by atoms with Gasteiger partial charge in [0.05, 0.1) is 36.2 Å². The lowest BCUT2D eigenvalue weighted by Gasteiger charge is -2.14. The average Bonchev–Trinajstić information content (AvgIpc) is 3.30. The van der Waals surface area contributed by atoms with Gasteiger partial charge in [-0.25, -0.2) is 4.98 Å². The third kappa shape index (κ3) is 3.18. The maximum absolute atomic E-state index is 12.8. The minimum absolute atomic E-state index is 0.0949. The van der Waals surface area contributed by atoms with Crippen molar-refractivity contribution in [3.8, 4) is 17.3 Å². The topological polar surface area (TPSA) is 80.3 Å². The molecule has 0 unspecified atom stereocenters. The van der Waals surface area contributed by atoms with Crippen molar-refractivity contribution in [3.63, 3.8) is 0 Å². The monoisotopic (exact) mass is 400 g/mol. The molecule has 146 valence electrons. The summed E-state index contributed by atoms with van der Waals surface area (Å²) in [4.78, 5) is 25.6. The molecule has 0 atom stereocenters. The molecular formula is C19H21ClN6O2. The van der Waals surface area contributed by atoms with Crippen LogP contribution in [-0.2, 0) is 13.1 Å². The molecule has 8 nitrogen and oxygen atoms in total. The van der Waals surface area contributed by atoms with Crippen LogP contribution in [0.4, 0.5) is 0 Å². The first-order valence-corrected chi connectivity index (χ1v) is 9.56. The summed E-state index contributed by atoms with van der Waals surface area (Å²) in [6.07, 6.45) is 1.74. The summed E-state index contributed by atoms with van der Waals surface area (Å²) < 4.78 is 7.34. The van der Waals surface area contributed by atoms with E-state index in [1.165, 1.54) is 0 Å². The first-order valence-electron chi connectivity index (χ1n) is 9.19. The van der Waals surface area contributed by atoms with Crippen molar-refractivity contribution in [1.29, 1.82) is 0 Å². The zero-order valence-corrected chi connectivity index (χ0v) is 16.8. The number of carbonyl (C=O) groups excluding carboxylic acids is 1. The van der Waals surface area contributed by atoms with E-state index in [0.717, 1.165) is 18.8 Å². The Hall–Kier alpha value is -2.71. The quantitative estimate of drug-likeness (QED) is 0.655. The van der Waals surface area contributed by atoms with Crippen LogP contribution in [0, 0.1) is 0 Å². The van der Waals surface area contributed by atoms with Crippen LogP contribution in [-0.4, -0.2) is 55.5 Å². The van der Waals surface area contributed by atoms with Crippen LogP contribution in [0.2, 0.25) is 5.02 Å². The fourth-order valence-electron chi connectivity index (χ4n) is 3.37. The van der Waals surface area contributed by atoms with E-state index < -0.39 is 0 Å². The van der Waals surface area contributed by atoms with Gasteiger partial charge in [-0.15, -0.1) is 0 Å². The Labute approximate surface area is 167 Å². The van der Waals surface area contributed by atoms with Gasteiger partial charge in [0.15, 0.2) is 5.82 Å². The summed E-state index contributed by atoms with van der Waals surface area (Å²) in [7, 11) is 1.76. The number of carbonyl (C=O) groups is 1. The highest BCUT2D eigenvalue weighted by Gasteiger charge is 2.28. The van der Waals surface area contributed by atoms with Crippen LogP contribution in [0.3, 0.4) is 0 Å². The lowest BCUT2D eigenvalue weighted by atomic mass is 10.1. The maximum atomic E-state index is 12.8. The van der Waals surface area contributed by atoms with Crippen LogP contribution in [0.1, 0.15) is 35.8 Å². The van der Waals surface area contributed by atoms with Gasteiger partial charge < -0.3 is 9.42 Å². The molecule has 0 bridgehead atoms. The molecule has 1 aliphatic heterocycles. The largest absolute Gasteiger partial charge is 0.337 e. The predicted octanol–water partition coefficient (Wildman–Crippen LogP) is 3.00. The highest BCUT2D eigenvalue weighted by Crippen LogP contribution is 2.30. The molecule has 9 heteroatoms. The SMILES string of the molecule is CCN(CC)Cc1nc(-c2ncc3n2-c2ccc(Cl)cc2C(=O)N(C)C3)no1. The lowest BCUT2D eigenvalue weighted by Crippen LogP contribution is -2.24. The Morgan fingerprint density at radius 3 is 2.82 bits per heavy atom. The number of hydrogen-bond donors (Lipinski definition) is 0. The van der Waals surface area contributed by atoms with Gasteiger partial charge in [0.25, 0.3) is 5.91 Å². The van der Waals surface area contributed by atoms with Gasteiger partial charge in [0.2, 0.25) is 11.7 Å². The second-order valence-corrected chi connectivity index (χ2v) is 7.14. The number of hydrogen-bond acceptors (Lipinski definition) is 6. The van der Waals surface area contributed by atoms with Crippen LogP contribution in [0.25, 0.3) is 17.3 Å². The molecule has 2 aromatic heterocycles. The van der Waals surface area contributed by atoms with E-state index in [1.807, 2.05) is 10.6 Å².